The number of ether oxygens (including phenoxy) is 1. The van der Waals surface area contributed by atoms with Gasteiger partial charge in [0.1, 0.15) is 0 Å². The molecule has 0 bridgehead atoms. The fourth-order valence-corrected chi connectivity index (χ4v) is 1.89. The largest absolute Gasteiger partial charge is 0.464 e. The molecular formula is C12H19N7O. The number of aryl methyl sites for hydroxylation is 2. The van der Waals surface area contributed by atoms with Crippen molar-refractivity contribution in [1.82, 2.24) is 24.7 Å². The minimum atomic E-state index is 0.130. The number of hydrogen-bond acceptors (Lipinski definition) is 7. The molecule has 0 spiro atoms. The van der Waals surface area contributed by atoms with Crippen LogP contribution < -0.4 is 15.8 Å². The van der Waals surface area contributed by atoms with Crippen LogP contribution in [0.5, 0.6) is 6.01 Å². The Balaban J connectivity index is 2.14. The number of hydrogen-bond donors (Lipinski definition) is 2. The molecule has 0 unspecified atom stereocenters. The van der Waals surface area contributed by atoms with Gasteiger partial charge in [-0.25, -0.2) is 0 Å². The summed E-state index contributed by atoms with van der Waals surface area (Å²) in [4.78, 5) is 12.1. The van der Waals surface area contributed by atoms with Crippen LogP contribution in [0.25, 0.3) is 0 Å². The summed E-state index contributed by atoms with van der Waals surface area (Å²) in [6.45, 7) is 6.89. The predicted molar refractivity (Wildman–Crippen MR) is 75.4 cm³/mol. The zero-order valence-corrected chi connectivity index (χ0v) is 12.1. The van der Waals surface area contributed by atoms with Crippen molar-refractivity contribution in [3.05, 3.63) is 17.0 Å². The molecule has 0 amide bonds. The van der Waals surface area contributed by atoms with E-state index in [1.165, 1.54) is 0 Å². The smallest absolute Gasteiger partial charge is 0.323 e. The number of nitrogens with one attached hydrogen (secondary N) is 1. The Morgan fingerprint density at radius 3 is 2.60 bits per heavy atom. The summed E-state index contributed by atoms with van der Waals surface area (Å²) in [5.41, 5.74) is 8.81. The van der Waals surface area contributed by atoms with Gasteiger partial charge in [-0.2, -0.15) is 20.1 Å². The maximum absolute atomic E-state index is 5.62. The summed E-state index contributed by atoms with van der Waals surface area (Å²) in [7, 11) is 1.92. The molecule has 0 aliphatic rings. The number of nitrogens with two attached hydrogens (primary N) is 1. The molecule has 0 aliphatic carbocycles. The van der Waals surface area contributed by atoms with Gasteiger partial charge in [-0.05, 0) is 20.8 Å². The number of nitrogens with zero attached hydrogens (tertiary/aromatic N) is 5. The predicted octanol–water partition coefficient (Wildman–Crippen LogP) is 0.815. The highest BCUT2D eigenvalue weighted by Crippen LogP contribution is 2.14. The van der Waals surface area contributed by atoms with Crippen LogP contribution in [0, 0.1) is 13.8 Å². The van der Waals surface area contributed by atoms with Crippen molar-refractivity contribution in [2.45, 2.75) is 27.3 Å². The summed E-state index contributed by atoms with van der Waals surface area (Å²) in [6.07, 6.45) is 0. The van der Waals surface area contributed by atoms with E-state index < -0.39 is 0 Å². The second-order valence-electron chi connectivity index (χ2n) is 4.36. The molecule has 0 fully saturated rings. The lowest BCUT2D eigenvalue weighted by Gasteiger charge is -2.07. The van der Waals surface area contributed by atoms with Crippen molar-refractivity contribution in [2.24, 2.45) is 7.05 Å². The molecule has 2 aromatic heterocycles. The molecule has 2 rings (SSSR count). The SMILES string of the molecule is CCOc1nc(N)nc(NCc2c(C)nn(C)c2C)n1. The van der Waals surface area contributed by atoms with Gasteiger partial charge in [0.25, 0.3) is 0 Å². The molecule has 0 saturated heterocycles. The second-order valence-corrected chi connectivity index (χ2v) is 4.36. The monoisotopic (exact) mass is 277 g/mol. The third-order valence-corrected chi connectivity index (χ3v) is 2.99. The molecular weight excluding hydrogens is 258 g/mol. The third kappa shape index (κ3) is 2.95. The average molecular weight is 277 g/mol. The van der Waals surface area contributed by atoms with E-state index in [9.17, 15) is 0 Å². The maximum atomic E-state index is 5.62. The first kappa shape index (κ1) is 14.0. The van der Waals surface area contributed by atoms with Gasteiger partial charge in [0.15, 0.2) is 0 Å². The Morgan fingerprint density at radius 2 is 2.00 bits per heavy atom. The molecule has 108 valence electrons. The van der Waals surface area contributed by atoms with E-state index in [0.29, 0.717) is 19.1 Å². The minimum absolute atomic E-state index is 0.130. The van der Waals surface area contributed by atoms with Crippen molar-refractivity contribution in [3.8, 4) is 6.01 Å². The van der Waals surface area contributed by atoms with E-state index in [1.54, 1.807) is 0 Å². The first-order valence-electron chi connectivity index (χ1n) is 6.38. The van der Waals surface area contributed by atoms with Gasteiger partial charge in [0.05, 0.1) is 12.3 Å². The quantitative estimate of drug-likeness (QED) is 0.833. The highest BCUT2D eigenvalue weighted by molar-refractivity contribution is 5.35. The van der Waals surface area contributed by atoms with Gasteiger partial charge in [-0.15, -0.1) is 0 Å². The minimum Gasteiger partial charge on any atom is -0.464 e. The summed E-state index contributed by atoms with van der Waals surface area (Å²) in [6, 6.07) is 0.224. The first-order chi connectivity index (χ1) is 9.51. The summed E-state index contributed by atoms with van der Waals surface area (Å²) < 4.78 is 7.08. The zero-order valence-electron chi connectivity index (χ0n) is 12.1. The molecule has 20 heavy (non-hydrogen) atoms. The van der Waals surface area contributed by atoms with Crippen LogP contribution in [0.15, 0.2) is 0 Å². The Bertz CT molecular complexity index is 608. The molecule has 0 aromatic carbocycles. The summed E-state index contributed by atoms with van der Waals surface area (Å²) in [5, 5.41) is 7.48. The van der Waals surface area contributed by atoms with Crippen LogP contribution in [0.2, 0.25) is 0 Å². The fourth-order valence-electron chi connectivity index (χ4n) is 1.89. The van der Waals surface area contributed by atoms with Gasteiger partial charge < -0.3 is 15.8 Å². The van der Waals surface area contributed by atoms with E-state index in [2.05, 4.69) is 25.4 Å². The molecule has 2 aromatic rings. The Hall–Kier alpha value is -2.38. The number of rotatable bonds is 5. The van der Waals surface area contributed by atoms with Crippen LogP contribution >= 0.6 is 0 Å². The van der Waals surface area contributed by atoms with Crippen LogP contribution in [0.1, 0.15) is 23.9 Å². The lowest BCUT2D eigenvalue weighted by atomic mass is 10.2. The van der Waals surface area contributed by atoms with Crippen molar-refractivity contribution in [2.75, 3.05) is 17.7 Å². The van der Waals surface area contributed by atoms with Crippen molar-refractivity contribution < 1.29 is 4.74 Å². The fraction of sp³-hybridized carbons (Fsp3) is 0.500. The lowest BCUT2D eigenvalue weighted by Crippen LogP contribution is -2.10. The average Bonchev–Trinajstić information content (AvgIpc) is 2.61. The van der Waals surface area contributed by atoms with E-state index in [-0.39, 0.29) is 12.0 Å². The molecule has 0 atom stereocenters. The van der Waals surface area contributed by atoms with Crippen LogP contribution in [-0.4, -0.2) is 31.3 Å². The van der Waals surface area contributed by atoms with Gasteiger partial charge in [0.2, 0.25) is 11.9 Å². The van der Waals surface area contributed by atoms with Crippen molar-refractivity contribution >= 4 is 11.9 Å². The molecule has 8 heteroatoms. The Morgan fingerprint density at radius 1 is 1.25 bits per heavy atom. The van der Waals surface area contributed by atoms with Crippen LogP contribution in [0.4, 0.5) is 11.9 Å². The topological polar surface area (TPSA) is 104 Å². The molecule has 0 aliphatic heterocycles. The number of anilines is 2. The Kier molecular flexibility index (Phi) is 4.02. The van der Waals surface area contributed by atoms with E-state index in [0.717, 1.165) is 17.0 Å². The molecule has 0 saturated carbocycles. The van der Waals surface area contributed by atoms with Gasteiger partial charge in [-0.1, -0.05) is 0 Å². The second kappa shape index (κ2) is 5.72. The Labute approximate surface area is 117 Å². The summed E-state index contributed by atoms with van der Waals surface area (Å²) >= 11 is 0. The highest BCUT2D eigenvalue weighted by atomic mass is 16.5. The van der Waals surface area contributed by atoms with Crippen LogP contribution in [-0.2, 0) is 13.6 Å². The maximum Gasteiger partial charge on any atom is 0.323 e. The normalized spacial score (nSPS) is 10.6. The third-order valence-electron chi connectivity index (χ3n) is 2.99. The van der Waals surface area contributed by atoms with Gasteiger partial charge in [0, 0.05) is 24.8 Å². The van der Waals surface area contributed by atoms with Crippen molar-refractivity contribution in [1.29, 1.82) is 0 Å². The summed E-state index contributed by atoms with van der Waals surface area (Å²) in [5.74, 6) is 0.522. The standard InChI is InChI=1S/C12H19N7O/c1-5-20-12-16-10(13)15-11(17-12)14-6-9-7(2)18-19(4)8(9)3/h5-6H2,1-4H3,(H3,13,14,15,16,17). The molecule has 0 radical (unpaired) electrons. The zero-order chi connectivity index (χ0) is 14.7. The van der Waals surface area contributed by atoms with Crippen LogP contribution in [0.3, 0.4) is 0 Å². The number of aromatic nitrogens is 5. The first-order valence-corrected chi connectivity index (χ1v) is 6.38. The van der Waals surface area contributed by atoms with E-state index in [4.69, 9.17) is 10.5 Å². The van der Waals surface area contributed by atoms with Gasteiger partial charge in [-0.3, -0.25) is 4.68 Å². The highest BCUT2D eigenvalue weighted by Gasteiger charge is 2.10. The van der Waals surface area contributed by atoms with E-state index >= 15 is 0 Å². The lowest BCUT2D eigenvalue weighted by molar-refractivity contribution is 0.312. The molecule has 3 N–H and O–H groups in total. The molecule has 8 nitrogen and oxygen atoms in total. The van der Waals surface area contributed by atoms with Crippen molar-refractivity contribution in [3.63, 3.8) is 0 Å². The van der Waals surface area contributed by atoms with Gasteiger partial charge >= 0.3 is 6.01 Å². The van der Waals surface area contributed by atoms with E-state index in [1.807, 2.05) is 32.5 Å². The number of nitrogen functional groups attached to an aromatic ring is 1. The molecule has 2 heterocycles.